The Kier molecular flexibility index (Phi) is 4.27. The van der Waals surface area contributed by atoms with Gasteiger partial charge in [-0.25, -0.2) is 4.79 Å². The highest BCUT2D eigenvalue weighted by atomic mass is 16.4. The highest BCUT2D eigenvalue weighted by Crippen LogP contribution is 2.13. The van der Waals surface area contributed by atoms with Gasteiger partial charge in [0.15, 0.2) is 5.78 Å². The van der Waals surface area contributed by atoms with E-state index in [4.69, 9.17) is 5.11 Å². The molecule has 0 aliphatic rings. The first-order valence-corrected chi connectivity index (χ1v) is 4.86. The van der Waals surface area contributed by atoms with Crippen molar-refractivity contribution in [1.82, 2.24) is 0 Å². The van der Waals surface area contributed by atoms with Crippen molar-refractivity contribution in [2.75, 3.05) is 11.4 Å². The van der Waals surface area contributed by atoms with E-state index in [9.17, 15) is 9.59 Å². The lowest BCUT2D eigenvalue weighted by atomic mass is 10.2. The maximum absolute atomic E-state index is 11.0. The maximum Gasteiger partial charge on any atom is 0.411 e. The normalized spacial score (nSPS) is 9.50. The molecule has 0 bridgehead atoms. The van der Waals surface area contributed by atoms with Crippen LogP contribution in [0.15, 0.2) is 43.0 Å². The summed E-state index contributed by atoms with van der Waals surface area (Å²) in [6, 6.07) is 8.68. The molecule has 0 aromatic heterocycles. The molecule has 0 atom stereocenters. The average Bonchev–Trinajstić information content (AvgIpc) is 2.30. The molecule has 0 heterocycles. The van der Waals surface area contributed by atoms with Crippen LogP contribution >= 0.6 is 0 Å². The number of rotatable bonds is 5. The van der Waals surface area contributed by atoms with Crippen LogP contribution in [0.2, 0.25) is 0 Å². The smallest absolute Gasteiger partial charge is 0.411 e. The third-order valence-electron chi connectivity index (χ3n) is 2.11. The average molecular weight is 219 g/mol. The van der Waals surface area contributed by atoms with Crippen LogP contribution in [0, 0.1) is 0 Å². The van der Waals surface area contributed by atoms with Crippen LogP contribution in [0.4, 0.5) is 10.5 Å². The first kappa shape index (κ1) is 12.0. The fourth-order valence-corrected chi connectivity index (χ4v) is 1.27. The summed E-state index contributed by atoms with van der Waals surface area (Å²) in [6.45, 7) is 3.48. The first-order chi connectivity index (χ1) is 7.65. The number of benzene rings is 1. The fourth-order valence-electron chi connectivity index (χ4n) is 1.27. The second-order valence-corrected chi connectivity index (χ2v) is 3.19. The van der Waals surface area contributed by atoms with Crippen molar-refractivity contribution in [3.8, 4) is 0 Å². The topological polar surface area (TPSA) is 57.6 Å². The summed E-state index contributed by atoms with van der Waals surface area (Å²) < 4.78 is 0. The Morgan fingerprint density at radius 2 is 1.94 bits per heavy atom. The number of anilines is 1. The summed E-state index contributed by atoms with van der Waals surface area (Å²) in [5.74, 6) is -0.165. The van der Waals surface area contributed by atoms with E-state index in [-0.39, 0.29) is 18.7 Å². The van der Waals surface area contributed by atoms with Gasteiger partial charge in [-0.1, -0.05) is 24.8 Å². The van der Waals surface area contributed by atoms with Crippen LogP contribution in [0.25, 0.3) is 0 Å². The highest BCUT2D eigenvalue weighted by molar-refractivity contribution is 5.91. The molecule has 84 valence electrons. The van der Waals surface area contributed by atoms with Crippen LogP contribution < -0.4 is 4.90 Å². The van der Waals surface area contributed by atoms with E-state index in [0.717, 1.165) is 4.90 Å². The number of amides is 1. The third kappa shape index (κ3) is 3.24. The zero-order chi connectivity index (χ0) is 12.0. The van der Waals surface area contributed by atoms with E-state index >= 15 is 0 Å². The molecule has 0 unspecified atom stereocenters. The number of carboxylic acid groups (broad SMARTS) is 1. The number of carbonyl (C=O) groups is 2. The van der Waals surface area contributed by atoms with E-state index in [2.05, 4.69) is 6.58 Å². The van der Waals surface area contributed by atoms with Gasteiger partial charge in [0.05, 0.1) is 0 Å². The minimum Gasteiger partial charge on any atom is -0.465 e. The van der Waals surface area contributed by atoms with Crippen molar-refractivity contribution in [2.45, 2.75) is 6.42 Å². The molecule has 1 rings (SSSR count). The van der Waals surface area contributed by atoms with Gasteiger partial charge in [-0.05, 0) is 18.2 Å². The number of carbonyl (C=O) groups excluding carboxylic acids is 1. The van der Waals surface area contributed by atoms with Gasteiger partial charge in [-0.3, -0.25) is 9.69 Å². The molecule has 0 radical (unpaired) electrons. The quantitative estimate of drug-likeness (QED) is 0.773. The Balaban J connectivity index is 2.73. The molecule has 1 aromatic rings. The zero-order valence-corrected chi connectivity index (χ0v) is 8.80. The van der Waals surface area contributed by atoms with Crippen LogP contribution in [0.1, 0.15) is 6.42 Å². The number of hydrogen-bond acceptors (Lipinski definition) is 2. The summed E-state index contributed by atoms with van der Waals surface area (Å²) in [5.41, 5.74) is 0.562. The summed E-state index contributed by atoms with van der Waals surface area (Å²) in [7, 11) is 0. The van der Waals surface area contributed by atoms with Crippen molar-refractivity contribution < 1.29 is 14.7 Å². The lowest BCUT2D eigenvalue weighted by Gasteiger charge is -2.18. The monoisotopic (exact) mass is 219 g/mol. The molecule has 1 amide bonds. The number of nitrogens with zero attached hydrogens (tertiary/aromatic N) is 1. The van der Waals surface area contributed by atoms with Crippen LogP contribution in [-0.4, -0.2) is 23.5 Å². The first-order valence-electron chi connectivity index (χ1n) is 4.86. The highest BCUT2D eigenvalue weighted by Gasteiger charge is 2.14. The van der Waals surface area contributed by atoms with Crippen molar-refractivity contribution in [1.29, 1.82) is 0 Å². The number of hydrogen-bond donors (Lipinski definition) is 1. The van der Waals surface area contributed by atoms with Gasteiger partial charge in [-0.15, -0.1) is 0 Å². The van der Waals surface area contributed by atoms with Crippen molar-refractivity contribution in [2.24, 2.45) is 0 Å². The Labute approximate surface area is 93.8 Å². The molecule has 0 fully saturated rings. The van der Waals surface area contributed by atoms with Gasteiger partial charge in [0.2, 0.25) is 0 Å². The molecular formula is C12H13NO3. The van der Waals surface area contributed by atoms with E-state index in [0.29, 0.717) is 5.69 Å². The number of ketones is 1. The Morgan fingerprint density at radius 3 is 2.44 bits per heavy atom. The van der Waals surface area contributed by atoms with E-state index in [1.807, 2.05) is 0 Å². The van der Waals surface area contributed by atoms with Crippen LogP contribution in [-0.2, 0) is 4.79 Å². The molecule has 0 aliphatic carbocycles. The largest absolute Gasteiger partial charge is 0.465 e. The second-order valence-electron chi connectivity index (χ2n) is 3.19. The molecule has 0 saturated carbocycles. The molecule has 1 N–H and O–H groups in total. The Hall–Kier alpha value is -2.10. The van der Waals surface area contributed by atoms with Gasteiger partial charge in [-0.2, -0.15) is 0 Å². The lowest BCUT2D eigenvalue weighted by Crippen LogP contribution is -2.31. The Morgan fingerprint density at radius 1 is 1.31 bits per heavy atom. The van der Waals surface area contributed by atoms with Crippen molar-refractivity contribution in [3.63, 3.8) is 0 Å². The van der Waals surface area contributed by atoms with Crippen LogP contribution in [0.3, 0.4) is 0 Å². The molecule has 1 aromatic carbocycles. The van der Waals surface area contributed by atoms with Gasteiger partial charge in [0.1, 0.15) is 0 Å². The number of para-hydroxylation sites is 1. The maximum atomic E-state index is 11.0. The summed E-state index contributed by atoms with van der Waals surface area (Å²) in [5, 5.41) is 9.00. The molecule has 0 saturated heterocycles. The van der Waals surface area contributed by atoms with Gasteiger partial charge in [0.25, 0.3) is 0 Å². The SMILES string of the molecule is C=CC(=O)CCN(C(=O)O)c1ccccc1. The Bertz CT molecular complexity index is 387. The van der Waals surface area contributed by atoms with Crippen molar-refractivity contribution >= 4 is 17.6 Å². The van der Waals surface area contributed by atoms with Crippen LogP contribution in [0.5, 0.6) is 0 Å². The lowest BCUT2D eigenvalue weighted by molar-refractivity contribution is -0.114. The minimum atomic E-state index is -1.07. The number of allylic oxidation sites excluding steroid dienone is 1. The van der Waals surface area contributed by atoms with Gasteiger partial charge in [0, 0.05) is 18.7 Å². The van der Waals surface area contributed by atoms with Crippen molar-refractivity contribution in [3.05, 3.63) is 43.0 Å². The molecule has 4 heteroatoms. The van der Waals surface area contributed by atoms with E-state index in [1.165, 1.54) is 6.08 Å². The summed E-state index contributed by atoms with van der Waals surface area (Å²) in [6.07, 6.45) is 0.276. The minimum absolute atomic E-state index is 0.143. The van der Waals surface area contributed by atoms with Gasteiger partial charge >= 0.3 is 6.09 Å². The third-order valence-corrected chi connectivity index (χ3v) is 2.11. The fraction of sp³-hybridized carbons (Fsp3) is 0.167. The second kappa shape index (κ2) is 5.70. The predicted molar refractivity (Wildman–Crippen MR) is 61.6 cm³/mol. The van der Waals surface area contributed by atoms with E-state index < -0.39 is 6.09 Å². The summed E-state index contributed by atoms with van der Waals surface area (Å²) >= 11 is 0. The molecular weight excluding hydrogens is 206 g/mol. The van der Waals surface area contributed by atoms with E-state index in [1.54, 1.807) is 30.3 Å². The summed E-state index contributed by atoms with van der Waals surface area (Å²) in [4.78, 5) is 23.2. The molecule has 0 spiro atoms. The molecule has 16 heavy (non-hydrogen) atoms. The molecule has 0 aliphatic heterocycles. The zero-order valence-electron chi connectivity index (χ0n) is 8.80. The van der Waals surface area contributed by atoms with Gasteiger partial charge < -0.3 is 5.11 Å². The molecule has 4 nitrogen and oxygen atoms in total. The predicted octanol–water partition coefficient (Wildman–Crippen LogP) is 2.32. The standard InChI is InChI=1S/C12H13NO3/c1-2-11(14)8-9-13(12(15)16)10-6-4-3-5-7-10/h2-7H,1,8-9H2,(H,15,16).